The Bertz CT molecular complexity index is 4940. The standard InChI is InChI=1S/C18H8S4.C14H8S4.C10H4S4.C6H4S4.C6H4S2Se2.C6H4Se4.C6H4Te4.C5H.C5.BH3.FH3S.FHS.FHTe.2FH.2Fe.H3N.4H2/c1-2-6-10-9(5-1)15-13-14-16(10)20-22-18(14)12-8-4-3-7-11(12)17(13)21-19-15;1-2-6-10-9(5-1)15-13(16-10)14-17-11-7-3-4-8-12(11)18-14;1-2-6-10-8(14-12-6)4-3-7-9(10)5(1)11-13-7;1-2-8-5(7-1)6-9-3-4-10-6;1-3-9-5(7-1)6-8-2-4-10-6;2*1-2-8-5(7-1)6-9-3-4-10-6;2*1-2-4-5-3-1;;3*1-2;;;;;;;;;/h1-8H;1-8H;1-4H;4*1-4H;1H;;1H3;2H3;2*2H;2*1H;;;1H3;4*1H/q;;;;;;;-5;-4;;;;;;;;;;;;;/b;;;;6-5+;;;;;;;;;;;;;;;;;/i;;;;;;;;;1T2D;2TD2;2*2T;;;;;;3*1+2T;1+2. The van der Waals surface area contributed by atoms with Crippen molar-refractivity contribution >= 4 is 482 Å². The zero-order chi connectivity index (χ0) is 90.0. The molecule has 40 heteroatoms. The number of thioether (sulfide) groups is 10. The summed E-state index contributed by atoms with van der Waals surface area (Å²) in [5.41, 5.74) is 0. The van der Waals surface area contributed by atoms with Gasteiger partial charge in [-0.3, -0.25) is 9.41 Å². The van der Waals surface area contributed by atoms with Gasteiger partial charge >= 0.3 is 342 Å². The normalized spacial score (nSPS) is 18.9. The maximum absolute atomic E-state index is 10.8. The first-order chi connectivity index (χ1) is 61.6. The number of allylic oxidation sites excluding steroid dienone is 4. The molecule has 9 aromatic rings. The van der Waals surface area contributed by atoms with Gasteiger partial charge in [0.05, 0.1) is 25.3 Å². The molecule has 0 aromatic heterocycles. The van der Waals surface area contributed by atoms with E-state index in [-0.39, 0.29) is 118 Å². The third-order valence-electron chi connectivity index (χ3n) is 14.2. The second-order valence-electron chi connectivity index (χ2n) is 20.4. The van der Waals surface area contributed by atoms with Crippen molar-refractivity contribution in [1.29, 1.82) is 9.11 Å². The van der Waals surface area contributed by atoms with Crippen LogP contribution >= 0.6 is 230 Å². The van der Waals surface area contributed by atoms with E-state index in [1.54, 1.807) is 13.7 Å². The van der Waals surface area contributed by atoms with Crippen LogP contribution in [-0.2, 0) is 32.6 Å². The molecule has 9 aromatic carbocycles. The van der Waals surface area contributed by atoms with Crippen LogP contribution in [0.2, 0.25) is 0 Å². The summed E-state index contributed by atoms with van der Waals surface area (Å²) in [5, 5.41) is 24.6. The molecule has 0 radical (unpaired) electrons. The first-order valence-electron chi connectivity index (χ1n) is 37.5. The number of hydrogen-bond acceptors (Lipinski definition) is 20. The average Bonchev–Trinajstić information content (AvgIpc) is 1.55. The molecule has 0 fully saturated rings. The van der Waals surface area contributed by atoms with Crippen LogP contribution in [0.1, 0.15) is 10.3 Å². The third kappa shape index (κ3) is 29.0. The third-order valence-corrected chi connectivity index (χ3v) is 81.4. The van der Waals surface area contributed by atoms with Crippen molar-refractivity contribution in [3.8, 4) is 0 Å². The van der Waals surface area contributed by atoms with Gasteiger partial charge in [-0.05, 0) is 95.7 Å². The largest absolute Gasteiger partial charge is 0.999 e. The van der Waals surface area contributed by atoms with E-state index in [4.69, 9.17) is 18.0 Å². The van der Waals surface area contributed by atoms with Crippen LogP contribution in [0, 0.1) is 48.6 Å². The molecule has 0 saturated carbocycles. The Morgan fingerprint density at radius 1 is 0.500 bits per heavy atom. The molecular formula is C76H58BF5Fe2NS20Se6Te5-9. The Hall–Kier alpha value is 4.90. The van der Waals surface area contributed by atoms with Gasteiger partial charge < -0.3 is 36.5 Å². The van der Waals surface area contributed by atoms with Crippen molar-refractivity contribution in [2.45, 2.75) is 58.7 Å². The molecule has 1 aliphatic carbocycles. The summed E-state index contributed by atoms with van der Waals surface area (Å²) in [4.78, 5) is 31.3. The molecule has 3 N–H and O–H groups in total. The summed E-state index contributed by atoms with van der Waals surface area (Å²) in [5.74, 6) is 0. The molecule has 616 valence electrons. The molecule has 0 bridgehead atoms. The molecule has 14 heterocycles. The van der Waals surface area contributed by atoms with E-state index in [0.717, 1.165) is 64.2 Å². The van der Waals surface area contributed by atoms with Gasteiger partial charge in [0.25, 0.3) is 0 Å². The van der Waals surface area contributed by atoms with E-state index in [2.05, 4.69) is 264 Å². The van der Waals surface area contributed by atoms with E-state index in [0.29, 0.717) is 29.9 Å². The molecule has 0 saturated heterocycles. The van der Waals surface area contributed by atoms with Crippen molar-refractivity contribution < 1.29 is 63.1 Å². The van der Waals surface area contributed by atoms with Gasteiger partial charge in [0, 0.05) is 121 Å². The SMILES string of the molecule is C1=CSC(=C2SC=CS2)S1.C1=C[Se]/C(=C2\SC=C[Se]2)S1.C1=C[Se]C(=C2[Se]C=C[Se]2)[Se]1.C1=C[Te]C(=C2[Te]C=C[Te]2)[Te]1.F.F.N.[2H]B([3H])[3H].[2H]S([2H])([3H])F.[3HH].[3H]SF.[3H][3H].[3H][3H].[3H][3H].[3H][Te]F.[Fe].[Fe]=[C]1[C-]=[C-][C-]=[C-]1.[c-]1[c-][c-][cH-][c-]1.c1cc2c3c(ccc4c3c1SS4)SS2.c1ccc2c(c1)SC(=C1Sc3ccccc3S1)S2.c1ccc2c3c4c(c5ccccc5c5c4c(c2c1)SS5)SS3. The Kier molecular flexibility index (Phi) is 45.1. The minimum Gasteiger partial charge on any atom is -0.999 e. The quantitative estimate of drug-likeness (QED) is 0.0377. The maximum Gasteiger partial charge on any atom is 0.0706 e. The van der Waals surface area contributed by atoms with Gasteiger partial charge in [-0.15, -0.1) is 12.7 Å². The van der Waals surface area contributed by atoms with Crippen molar-refractivity contribution in [2.75, 3.05) is 0 Å². The summed E-state index contributed by atoms with van der Waals surface area (Å²) in [6.07, 6.45) is 10.4. The summed E-state index contributed by atoms with van der Waals surface area (Å²) in [7, 11) is 13.9. The van der Waals surface area contributed by atoms with Gasteiger partial charge in [0.1, 0.15) is 4.50 Å². The number of thiol groups is 1. The van der Waals surface area contributed by atoms with Crippen LogP contribution in [0.5, 0.6) is 0 Å². The molecule has 1 nitrogen and oxygen atoms in total. The van der Waals surface area contributed by atoms with Crippen molar-refractivity contribution in [3.63, 3.8) is 0 Å². The first kappa shape index (κ1) is 90.1. The van der Waals surface area contributed by atoms with Gasteiger partial charge in [0.2, 0.25) is 0 Å². The van der Waals surface area contributed by atoms with Gasteiger partial charge in [-0.2, -0.15) is 7.77 Å². The number of rotatable bonds is 0. The van der Waals surface area contributed by atoms with E-state index in [1.165, 1.54) is 119 Å². The molecule has 0 unspecified atom stereocenters. The Labute approximate surface area is 892 Å². The van der Waals surface area contributed by atoms with Crippen LogP contribution in [0.4, 0.5) is 20.1 Å². The van der Waals surface area contributed by atoms with E-state index in [9.17, 15) is 10.7 Å². The Balaban J connectivity index is 0.000000306. The predicted molar refractivity (Wildman–Crippen MR) is 552 cm³/mol. The number of halogens is 5. The molecule has 116 heavy (non-hydrogen) atoms. The van der Waals surface area contributed by atoms with E-state index in [1.807, 2.05) is 214 Å². The predicted octanol–water partition coefficient (Wildman–Crippen LogP) is 25.9. The van der Waals surface area contributed by atoms with Crippen LogP contribution in [0.25, 0.3) is 43.1 Å². The fourth-order valence-electron chi connectivity index (χ4n) is 9.95. The summed E-state index contributed by atoms with van der Waals surface area (Å²) >= 11 is 21.6. The van der Waals surface area contributed by atoms with Crippen molar-refractivity contribution in [2.24, 2.45) is 0 Å². The van der Waals surface area contributed by atoms with Crippen LogP contribution in [0.3, 0.4) is 0 Å². The smallest absolute Gasteiger partial charge is 0.0706 e. The summed E-state index contributed by atoms with van der Waals surface area (Å²) < 4.78 is 134. The second-order valence-corrected chi connectivity index (χ2v) is 71.2. The molecule has 24 rings (SSSR count). The maximum atomic E-state index is 10.8. The Morgan fingerprint density at radius 3 is 1.04 bits per heavy atom. The fourth-order valence-corrected chi connectivity index (χ4v) is 71.9. The minimum absolute atomic E-state index is 0. The number of benzene rings is 8. The van der Waals surface area contributed by atoms with Crippen molar-refractivity contribution in [1.82, 2.24) is 6.15 Å². The van der Waals surface area contributed by atoms with Gasteiger partial charge in [-0.25, -0.2) is 0 Å². The molecule has 15 aliphatic rings. The van der Waals surface area contributed by atoms with E-state index < -0.39 is 56.6 Å². The van der Waals surface area contributed by atoms with Gasteiger partial charge in [-0.1, -0.05) is 253 Å². The average molecular weight is 2980 g/mol. The fraction of sp³-hybridized carbons (Fsp3) is 0. The molecule has 0 amide bonds. The topological polar surface area (TPSA) is 35.0 Å². The molecular weight excluding hydrogens is 2900 g/mol. The van der Waals surface area contributed by atoms with E-state index >= 15 is 0 Å². The molecule has 0 atom stereocenters. The molecule has 14 aliphatic heterocycles. The van der Waals surface area contributed by atoms with Gasteiger partial charge in [0.15, 0.2) is 0 Å². The molecule has 0 spiro atoms. The van der Waals surface area contributed by atoms with Crippen molar-refractivity contribution in [3.05, 3.63) is 289 Å². The van der Waals surface area contributed by atoms with Crippen LogP contribution < -0.4 is 6.15 Å². The minimum atomic E-state index is -3.92. The number of hydrogen-bond donors (Lipinski definition) is 2. The zero-order valence-corrected chi connectivity index (χ0v) is 97.9. The monoisotopic (exact) mass is 3000 g/mol. The number of fused-ring (bicyclic) bond motifs is 8. The summed E-state index contributed by atoms with van der Waals surface area (Å²) in [6, 6.07) is 56.1. The van der Waals surface area contributed by atoms with Crippen LogP contribution in [-0.4, -0.2) is 218 Å². The Morgan fingerprint density at radius 2 is 0.793 bits per heavy atom. The first-order valence-corrected chi connectivity index (χ1v) is 71.0. The van der Waals surface area contributed by atoms with Crippen LogP contribution in [0.15, 0.2) is 300 Å². The zero-order valence-electron chi connectivity index (χ0n) is 71.5. The summed E-state index contributed by atoms with van der Waals surface area (Å²) in [6.45, 7) is 0. The second kappa shape index (κ2) is 58.0.